The SMILES string of the molecule is COc1cccc(-c2cc(Br)ns2)c1. The highest BCUT2D eigenvalue weighted by Gasteiger charge is 2.03. The van der Waals surface area contributed by atoms with Crippen molar-refractivity contribution in [3.63, 3.8) is 0 Å². The molecule has 0 spiro atoms. The Labute approximate surface area is 94.8 Å². The van der Waals surface area contributed by atoms with Gasteiger partial charge < -0.3 is 4.74 Å². The van der Waals surface area contributed by atoms with Gasteiger partial charge in [0.25, 0.3) is 0 Å². The van der Waals surface area contributed by atoms with Crippen molar-refractivity contribution in [3.05, 3.63) is 34.9 Å². The molecule has 0 unspecified atom stereocenters. The van der Waals surface area contributed by atoms with Crippen LogP contribution < -0.4 is 4.74 Å². The summed E-state index contributed by atoms with van der Waals surface area (Å²) in [6, 6.07) is 9.95. The van der Waals surface area contributed by atoms with E-state index >= 15 is 0 Å². The maximum atomic E-state index is 5.16. The molecule has 2 nitrogen and oxygen atoms in total. The van der Waals surface area contributed by atoms with Crippen molar-refractivity contribution in [2.45, 2.75) is 0 Å². The molecule has 2 aromatic rings. The maximum Gasteiger partial charge on any atom is 0.120 e. The molecule has 0 amide bonds. The minimum atomic E-state index is 0.868. The first kappa shape index (κ1) is 9.68. The Hall–Kier alpha value is -0.870. The summed E-state index contributed by atoms with van der Waals surface area (Å²) in [5.41, 5.74) is 1.13. The van der Waals surface area contributed by atoms with Gasteiger partial charge in [0.05, 0.1) is 12.0 Å². The third-order valence-electron chi connectivity index (χ3n) is 1.84. The summed E-state index contributed by atoms with van der Waals surface area (Å²) in [4.78, 5) is 1.13. The van der Waals surface area contributed by atoms with Crippen molar-refractivity contribution in [2.24, 2.45) is 0 Å². The number of methoxy groups -OCH3 is 1. The van der Waals surface area contributed by atoms with Crippen molar-refractivity contribution in [1.29, 1.82) is 0 Å². The lowest BCUT2D eigenvalue weighted by molar-refractivity contribution is 0.415. The normalized spacial score (nSPS) is 10.1. The van der Waals surface area contributed by atoms with Crippen molar-refractivity contribution in [3.8, 4) is 16.2 Å². The van der Waals surface area contributed by atoms with Gasteiger partial charge in [0.2, 0.25) is 0 Å². The highest BCUT2D eigenvalue weighted by molar-refractivity contribution is 9.10. The smallest absolute Gasteiger partial charge is 0.120 e. The number of benzene rings is 1. The lowest BCUT2D eigenvalue weighted by atomic mass is 10.2. The summed E-state index contributed by atoms with van der Waals surface area (Å²) in [7, 11) is 1.67. The largest absolute Gasteiger partial charge is 0.497 e. The predicted octanol–water partition coefficient (Wildman–Crippen LogP) is 3.58. The number of nitrogens with zero attached hydrogens (tertiary/aromatic N) is 1. The van der Waals surface area contributed by atoms with E-state index in [-0.39, 0.29) is 0 Å². The van der Waals surface area contributed by atoms with E-state index in [0.29, 0.717) is 0 Å². The number of ether oxygens (including phenoxy) is 1. The Morgan fingerprint density at radius 1 is 1.36 bits per heavy atom. The van der Waals surface area contributed by atoms with Crippen LogP contribution in [0.5, 0.6) is 5.75 Å². The molecule has 1 aromatic heterocycles. The summed E-state index contributed by atoms with van der Waals surface area (Å²) >= 11 is 4.80. The monoisotopic (exact) mass is 269 g/mol. The average Bonchev–Trinajstić information content (AvgIpc) is 2.65. The molecule has 0 bridgehead atoms. The fourth-order valence-electron chi connectivity index (χ4n) is 1.17. The second-order valence-electron chi connectivity index (χ2n) is 2.75. The molecule has 0 saturated carbocycles. The topological polar surface area (TPSA) is 22.1 Å². The summed E-state index contributed by atoms with van der Waals surface area (Å²) in [6.45, 7) is 0. The highest BCUT2D eigenvalue weighted by atomic mass is 79.9. The minimum Gasteiger partial charge on any atom is -0.497 e. The van der Waals surface area contributed by atoms with Crippen molar-refractivity contribution in [2.75, 3.05) is 7.11 Å². The molecule has 0 saturated heterocycles. The molecule has 0 aliphatic heterocycles. The Kier molecular flexibility index (Phi) is 2.84. The van der Waals surface area contributed by atoms with E-state index in [1.54, 1.807) is 7.11 Å². The first-order valence-electron chi connectivity index (χ1n) is 4.06. The summed E-state index contributed by atoms with van der Waals surface area (Å²) < 4.78 is 10.2. The van der Waals surface area contributed by atoms with Gasteiger partial charge in [-0.05, 0) is 51.2 Å². The maximum absolute atomic E-state index is 5.16. The molecule has 2 rings (SSSR count). The first-order valence-corrected chi connectivity index (χ1v) is 5.63. The molecule has 1 aromatic carbocycles. The summed E-state index contributed by atoms with van der Waals surface area (Å²) in [5, 5.41) is 0. The van der Waals surface area contributed by atoms with Crippen molar-refractivity contribution >= 4 is 27.5 Å². The zero-order valence-electron chi connectivity index (χ0n) is 7.53. The number of hydrogen-bond donors (Lipinski definition) is 0. The van der Waals surface area contributed by atoms with Crippen LogP contribution in [-0.2, 0) is 0 Å². The molecule has 1 heterocycles. The first-order chi connectivity index (χ1) is 6.79. The van der Waals surface area contributed by atoms with Gasteiger partial charge in [0.15, 0.2) is 0 Å². The summed E-state index contributed by atoms with van der Waals surface area (Å²) in [5.74, 6) is 0.868. The van der Waals surface area contributed by atoms with Crippen molar-refractivity contribution < 1.29 is 4.74 Å². The van der Waals surface area contributed by atoms with Crippen LogP contribution in [0.2, 0.25) is 0 Å². The van der Waals surface area contributed by atoms with Crippen LogP contribution in [-0.4, -0.2) is 11.5 Å². The lowest BCUT2D eigenvalue weighted by Gasteiger charge is -2.00. The third-order valence-corrected chi connectivity index (χ3v) is 3.31. The molecule has 0 radical (unpaired) electrons. The zero-order valence-corrected chi connectivity index (χ0v) is 9.93. The van der Waals surface area contributed by atoms with Gasteiger partial charge in [-0.1, -0.05) is 12.1 Å². The van der Waals surface area contributed by atoms with E-state index in [9.17, 15) is 0 Å². The molecule has 0 aliphatic carbocycles. The predicted molar refractivity (Wildman–Crippen MR) is 61.8 cm³/mol. The standard InChI is InChI=1S/C10H8BrNOS/c1-13-8-4-2-3-7(5-8)9-6-10(11)12-14-9/h2-6H,1H3. The van der Waals surface area contributed by atoms with Crippen molar-refractivity contribution in [1.82, 2.24) is 4.37 Å². The molecule has 0 aliphatic rings. The van der Waals surface area contributed by atoms with E-state index in [4.69, 9.17) is 4.74 Å². The molecule has 14 heavy (non-hydrogen) atoms. The quantitative estimate of drug-likeness (QED) is 0.832. The average molecular weight is 270 g/mol. The molecular weight excluding hydrogens is 262 g/mol. The number of rotatable bonds is 2. The van der Waals surface area contributed by atoms with Gasteiger partial charge in [-0.2, -0.15) is 4.37 Å². The van der Waals surface area contributed by atoms with E-state index in [1.165, 1.54) is 11.5 Å². The van der Waals surface area contributed by atoms with Gasteiger partial charge in [-0.15, -0.1) is 0 Å². The zero-order chi connectivity index (χ0) is 9.97. The van der Waals surface area contributed by atoms with Crippen LogP contribution in [0.25, 0.3) is 10.4 Å². The Balaban J connectivity index is 2.41. The molecule has 0 fully saturated rings. The molecule has 4 heteroatoms. The van der Waals surface area contributed by atoms with Crippen LogP contribution in [0.1, 0.15) is 0 Å². The second-order valence-corrected chi connectivity index (χ2v) is 4.36. The van der Waals surface area contributed by atoms with E-state index in [1.807, 2.05) is 30.3 Å². The minimum absolute atomic E-state index is 0.868. The van der Waals surface area contributed by atoms with E-state index < -0.39 is 0 Å². The van der Waals surface area contributed by atoms with Gasteiger partial charge in [0, 0.05) is 0 Å². The van der Waals surface area contributed by atoms with Gasteiger partial charge in [-0.3, -0.25) is 0 Å². The summed E-state index contributed by atoms with van der Waals surface area (Å²) in [6.07, 6.45) is 0. The highest BCUT2D eigenvalue weighted by Crippen LogP contribution is 2.29. The number of halogens is 1. The Morgan fingerprint density at radius 3 is 2.86 bits per heavy atom. The van der Waals surface area contributed by atoms with Crippen LogP contribution in [0.15, 0.2) is 34.9 Å². The lowest BCUT2D eigenvalue weighted by Crippen LogP contribution is -1.81. The van der Waals surface area contributed by atoms with Gasteiger partial charge >= 0.3 is 0 Å². The number of hydrogen-bond acceptors (Lipinski definition) is 3. The number of aromatic nitrogens is 1. The fraction of sp³-hybridized carbons (Fsp3) is 0.100. The molecular formula is C10H8BrNOS. The van der Waals surface area contributed by atoms with E-state index in [2.05, 4.69) is 20.3 Å². The third kappa shape index (κ3) is 1.96. The van der Waals surface area contributed by atoms with Crippen LogP contribution in [0, 0.1) is 0 Å². The molecule has 72 valence electrons. The molecule has 0 atom stereocenters. The Bertz CT molecular complexity index is 441. The van der Waals surface area contributed by atoms with Crippen LogP contribution >= 0.6 is 27.5 Å². The van der Waals surface area contributed by atoms with E-state index in [0.717, 1.165) is 20.8 Å². The van der Waals surface area contributed by atoms with Crippen LogP contribution in [0.4, 0.5) is 0 Å². The van der Waals surface area contributed by atoms with Gasteiger partial charge in [0.1, 0.15) is 10.4 Å². The molecule has 0 N–H and O–H groups in total. The van der Waals surface area contributed by atoms with Gasteiger partial charge in [-0.25, -0.2) is 0 Å². The Morgan fingerprint density at radius 2 is 2.21 bits per heavy atom. The second kappa shape index (κ2) is 4.11. The fourth-order valence-corrected chi connectivity index (χ4v) is 2.40. The van der Waals surface area contributed by atoms with Crippen LogP contribution in [0.3, 0.4) is 0 Å².